The van der Waals surface area contributed by atoms with Crippen molar-refractivity contribution in [3.05, 3.63) is 190 Å². The summed E-state index contributed by atoms with van der Waals surface area (Å²) in [5.74, 6) is 0. The normalized spacial score (nSPS) is 12.3. The van der Waals surface area contributed by atoms with Crippen molar-refractivity contribution in [2.24, 2.45) is 0 Å². The molecule has 0 aromatic heterocycles. The molecular weight excluding hydrogens is 631 g/mol. The Labute approximate surface area is 307 Å². The SMILES string of the molecule is Cc1ccc(N(c2ccc(C)cc2)c2cc(-c3c4c(/c(=B\O)c5ccccc35)=CC=CC4)cc(N(c3ccc(C)cc3)c3ccc(C)cc3)c2)cc1. The minimum absolute atomic E-state index is 0.770. The van der Waals surface area contributed by atoms with Gasteiger partial charge >= 0.3 is 280 Å². The van der Waals surface area contributed by atoms with Crippen LogP contribution in [0.4, 0.5) is 34.1 Å². The van der Waals surface area contributed by atoms with Crippen molar-refractivity contribution in [1.29, 1.82) is 0 Å². The number of nitrogens with zero attached hydrogens (tertiary/aromatic N) is 2. The van der Waals surface area contributed by atoms with E-state index in [-0.39, 0.29) is 0 Å². The Balaban J connectivity index is 1.49. The van der Waals surface area contributed by atoms with Gasteiger partial charge in [-0.15, -0.1) is 0 Å². The average molecular weight is 673 g/mol. The second-order valence-electron chi connectivity index (χ2n) is 13.9. The number of benzene rings is 7. The van der Waals surface area contributed by atoms with Gasteiger partial charge in [0.25, 0.3) is 0 Å². The molecule has 0 radical (unpaired) electrons. The van der Waals surface area contributed by atoms with Gasteiger partial charge in [0.2, 0.25) is 0 Å². The number of allylic oxidation sites excluding steroid dienone is 2. The van der Waals surface area contributed by atoms with Gasteiger partial charge < -0.3 is 0 Å². The molecule has 7 aromatic carbocycles. The number of hydrogen-bond acceptors (Lipinski definition) is 3. The molecule has 4 heteroatoms. The van der Waals surface area contributed by atoms with Crippen molar-refractivity contribution < 1.29 is 5.02 Å². The zero-order chi connectivity index (χ0) is 35.8. The Bertz CT molecular complexity index is 2370. The summed E-state index contributed by atoms with van der Waals surface area (Å²) in [6.07, 6.45) is 7.22. The Morgan fingerprint density at radius 1 is 0.500 bits per heavy atom. The third-order valence-corrected chi connectivity index (χ3v) is 10.1. The molecule has 0 saturated heterocycles. The Morgan fingerprint density at radius 2 is 0.923 bits per heavy atom. The molecule has 1 aliphatic rings. The number of aryl methyl sites for hydroxylation is 4. The Hall–Kier alpha value is -6.13. The average Bonchev–Trinajstić information content (AvgIpc) is 3.17. The van der Waals surface area contributed by atoms with Gasteiger partial charge in [-0.2, -0.15) is 0 Å². The molecule has 52 heavy (non-hydrogen) atoms. The van der Waals surface area contributed by atoms with Crippen LogP contribution in [0, 0.1) is 32.8 Å². The van der Waals surface area contributed by atoms with E-state index in [4.69, 9.17) is 0 Å². The molecule has 0 fully saturated rings. The van der Waals surface area contributed by atoms with Gasteiger partial charge in [0, 0.05) is 0 Å². The molecular formula is C48H41BN2O. The molecule has 1 N–H and O–H groups in total. The summed E-state index contributed by atoms with van der Waals surface area (Å²) in [5, 5.41) is 14.6. The molecule has 252 valence electrons. The second-order valence-corrected chi connectivity index (χ2v) is 13.9. The van der Waals surface area contributed by atoms with Gasteiger partial charge in [-0.25, -0.2) is 0 Å². The van der Waals surface area contributed by atoms with Crippen LogP contribution in [0.2, 0.25) is 0 Å². The molecule has 0 spiro atoms. The van der Waals surface area contributed by atoms with Crippen molar-refractivity contribution in [3.63, 3.8) is 0 Å². The van der Waals surface area contributed by atoms with Gasteiger partial charge in [-0.05, 0) is 27.7 Å². The van der Waals surface area contributed by atoms with Crippen molar-refractivity contribution in [2.75, 3.05) is 9.80 Å². The van der Waals surface area contributed by atoms with E-state index in [0.717, 1.165) is 67.2 Å². The number of fused-ring (bicyclic) bond motifs is 2. The Morgan fingerprint density at radius 3 is 1.35 bits per heavy atom. The monoisotopic (exact) mass is 672 g/mol. The first-order chi connectivity index (χ1) is 25.4. The molecule has 3 nitrogen and oxygen atoms in total. The van der Waals surface area contributed by atoms with Crippen LogP contribution in [0.1, 0.15) is 27.8 Å². The Kier molecular flexibility index (Phi) is 8.82. The molecule has 0 atom stereocenters. The van der Waals surface area contributed by atoms with Crippen LogP contribution < -0.4 is 15.0 Å². The van der Waals surface area contributed by atoms with Gasteiger partial charge in [0.1, 0.15) is 0 Å². The zero-order valence-electron chi connectivity index (χ0n) is 30.1. The minimum atomic E-state index is 0.770. The maximum atomic E-state index is 10.6. The summed E-state index contributed by atoms with van der Waals surface area (Å²) in [5.41, 5.74) is 14.8. The first kappa shape index (κ1) is 33.0. The summed E-state index contributed by atoms with van der Waals surface area (Å²) < 4.78 is 0. The summed E-state index contributed by atoms with van der Waals surface area (Å²) in [7, 11) is 1.27. The zero-order valence-corrected chi connectivity index (χ0v) is 30.1. The van der Waals surface area contributed by atoms with Crippen LogP contribution in [-0.2, 0) is 6.42 Å². The predicted molar refractivity (Wildman–Crippen MR) is 221 cm³/mol. The first-order valence-electron chi connectivity index (χ1n) is 18.0. The fraction of sp³-hybridized carbons (Fsp3) is 0.104. The van der Waals surface area contributed by atoms with E-state index in [1.165, 1.54) is 40.5 Å². The second kappa shape index (κ2) is 13.9. The number of anilines is 6. The van der Waals surface area contributed by atoms with E-state index in [9.17, 15) is 5.02 Å². The summed E-state index contributed by atoms with van der Waals surface area (Å²) in [4.78, 5) is 4.73. The summed E-state index contributed by atoms with van der Waals surface area (Å²) in [6, 6.07) is 50.6. The van der Waals surface area contributed by atoms with Crippen molar-refractivity contribution >= 4 is 58.1 Å². The van der Waals surface area contributed by atoms with Crippen LogP contribution in [0.25, 0.3) is 28.0 Å². The van der Waals surface area contributed by atoms with Gasteiger partial charge in [-0.1, -0.05) is 0 Å². The quantitative estimate of drug-likeness (QED) is 0.171. The molecule has 0 aliphatic heterocycles. The first-order valence-corrected chi connectivity index (χ1v) is 18.0. The predicted octanol–water partition coefficient (Wildman–Crippen LogP) is 11.4. The van der Waals surface area contributed by atoms with Gasteiger partial charge in [-0.3, -0.25) is 0 Å². The molecule has 0 saturated carbocycles. The van der Waals surface area contributed by atoms with Crippen molar-refractivity contribution in [3.8, 4) is 11.1 Å². The standard InChI is InChI=1S/C48H41BN2O/c1-32-13-21-37(22-14-32)50(38-23-15-33(2)16-24-38)41-29-36(47-43-9-5-7-11-45(43)48(49-52)46-12-8-6-10-44(46)47)30-42(31-41)51(39-25-17-34(3)18-26-39)40-27-19-35(4)20-28-40/h5-9,11-31,52H,10H2,1-4H3. The van der Waals surface area contributed by atoms with Crippen LogP contribution in [0.3, 0.4) is 0 Å². The van der Waals surface area contributed by atoms with E-state index in [0.29, 0.717) is 0 Å². The van der Waals surface area contributed by atoms with E-state index >= 15 is 0 Å². The summed E-state index contributed by atoms with van der Waals surface area (Å²) >= 11 is 0. The van der Waals surface area contributed by atoms with Crippen molar-refractivity contribution in [2.45, 2.75) is 34.1 Å². The maximum absolute atomic E-state index is 10.6. The van der Waals surface area contributed by atoms with E-state index in [1.807, 2.05) is 0 Å². The molecule has 1 aliphatic carbocycles. The van der Waals surface area contributed by atoms with Gasteiger partial charge in [0.15, 0.2) is 0 Å². The van der Waals surface area contributed by atoms with Crippen LogP contribution >= 0.6 is 0 Å². The van der Waals surface area contributed by atoms with Crippen LogP contribution in [0.5, 0.6) is 0 Å². The number of hydrogen-bond donors (Lipinski definition) is 1. The van der Waals surface area contributed by atoms with Crippen molar-refractivity contribution in [1.82, 2.24) is 0 Å². The molecule has 8 rings (SSSR count). The molecule has 0 bridgehead atoms. The molecule has 0 unspecified atom stereocenters. The fourth-order valence-corrected chi connectivity index (χ4v) is 7.43. The van der Waals surface area contributed by atoms with Gasteiger partial charge in [0.05, 0.1) is 0 Å². The molecule has 7 aromatic rings. The van der Waals surface area contributed by atoms with E-state index in [2.05, 4.69) is 195 Å². The topological polar surface area (TPSA) is 26.7 Å². The third kappa shape index (κ3) is 6.22. The van der Waals surface area contributed by atoms with E-state index < -0.39 is 0 Å². The fourth-order valence-electron chi connectivity index (χ4n) is 7.43. The number of rotatable bonds is 7. The molecule has 0 amide bonds. The van der Waals surface area contributed by atoms with Crippen LogP contribution in [-0.4, -0.2) is 12.1 Å². The van der Waals surface area contributed by atoms with E-state index in [1.54, 1.807) is 0 Å². The summed E-state index contributed by atoms with van der Waals surface area (Å²) in [6.45, 7) is 8.53. The van der Waals surface area contributed by atoms with Crippen LogP contribution in [0.15, 0.2) is 152 Å². The third-order valence-electron chi connectivity index (χ3n) is 10.1. The molecule has 0 heterocycles.